The van der Waals surface area contributed by atoms with Gasteiger partial charge in [-0.15, -0.1) is 0 Å². The third-order valence-electron chi connectivity index (χ3n) is 3.14. The second-order valence-electron chi connectivity index (χ2n) is 4.65. The number of benzene rings is 1. The Morgan fingerprint density at radius 1 is 1.21 bits per heavy atom. The lowest BCUT2D eigenvalue weighted by Crippen LogP contribution is -2.38. The Kier molecular flexibility index (Phi) is 5.21. The molecule has 0 saturated carbocycles. The first-order chi connectivity index (χ1) is 9.29. The van der Waals surface area contributed by atoms with Gasteiger partial charge in [0.2, 0.25) is 0 Å². The Morgan fingerprint density at radius 2 is 1.95 bits per heavy atom. The van der Waals surface area contributed by atoms with E-state index >= 15 is 0 Å². The number of likely N-dealkylation sites (tertiary alicyclic amines) is 1. The van der Waals surface area contributed by atoms with Crippen LogP contribution in [-0.4, -0.2) is 43.5 Å². The molecule has 1 fully saturated rings. The van der Waals surface area contributed by atoms with E-state index in [1.165, 1.54) is 0 Å². The maximum atomic E-state index is 11.3. The number of hydrogen-bond acceptors (Lipinski definition) is 4. The number of para-hydroxylation sites is 2. The average Bonchev–Trinajstić information content (AvgIpc) is 2.41. The molecule has 0 aliphatic carbocycles. The first-order valence-corrected chi connectivity index (χ1v) is 6.88. The van der Waals surface area contributed by atoms with Gasteiger partial charge in [-0.25, -0.2) is 0 Å². The standard InChI is InChI=1S/C15H21NO3/c1-2-18-14-7-3-4-8-15(14)19-11-10-16-9-5-6-13(17)12-16/h3-4,7-8H,2,5-6,9-12H2,1H3. The van der Waals surface area contributed by atoms with Crippen molar-refractivity contribution in [1.29, 1.82) is 0 Å². The summed E-state index contributed by atoms with van der Waals surface area (Å²) in [5, 5.41) is 0. The summed E-state index contributed by atoms with van der Waals surface area (Å²) in [6.07, 6.45) is 1.69. The summed E-state index contributed by atoms with van der Waals surface area (Å²) >= 11 is 0. The van der Waals surface area contributed by atoms with Gasteiger partial charge in [0.1, 0.15) is 12.4 Å². The molecule has 1 aliphatic rings. The van der Waals surface area contributed by atoms with Gasteiger partial charge in [-0.2, -0.15) is 0 Å². The van der Waals surface area contributed by atoms with Crippen molar-refractivity contribution >= 4 is 5.78 Å². The highest BCUT2D eigenvalue weighted by atomic mass is 16.5. The van der Waals surface area contributed by atoms with E-state index in [4.69, 9.17) is 9.47 Å². The molecule has 0 unspecified atom stereocenters. The summed E-state index contributed by atoms with van der Waals surface area (Å²) in [4.78, 5) is 13.5. The number of ketones is 1. The van der Waals surface area contributed by atoms with E-state index in [2.05, 4.69) is 4.90 Å². The molecule has 0 atom stereocenters. The van der Waals surface area contributed by atoms with Crippen LogP contribution in [0.25, 0.3) is 0 Å². The molecule has 0 N–H and O–H groups in total. The molecule has 4 nitrogen and oxygen atoms in total. The fourth-order valence-electron chi connectivity index (χ4n) is 2.23. The normalized spacial score (nSPS) is 16.4. The molecule has 1 aromatic carbocycles. The predicted molar refractivity (Wildman–Crippen MR) is 73.8 cm³/mol. The van der Waals surface area contributed by atoms with Gasteiger partial charge in [0, 0.05) is 13.0 Å². The van der Waals surface area contributed by atoms with Crippen LogP contribution in [0.4, 0.5) is 0 Å². The van der Waals surface area contributed by atoms with Gasteiger partial charge in [-0.05, 0) is 32.0 Å². The Balaban J connectivity index is 1.80. The Morgan fingerprint density at radius 3 is 2.63 bits per heavy atom. The van der Waals surface area contributed by atoms with Crippen molar-refractivity contribution in [2.45, 2.75) is 19.8 Å². The molecule has 0 amide bonds. The van der Waals surface area contributed by atoms with Gasteiger partial charge < -0.3 is 9.47 Å². The molecule has 1 heterocycles. The molecule has 0 bridgehead atoms. The van der Waals surface area contributed by atoms with Gasteiger partial charge in [0.15, 0.2) is 11.5 Å². The van der Waals surface area contributed by atoms with Crippen molar-refractivity contribution in [2.75, 3.05) is 32.8 Å². The van der Waals surface area contributed by atoms with Gasteiger partial charge >= 0.3 is 0 Å². The summed E-state index contributed by atoms with van der Waals surface area (Å²) in [6.45, 7) is 5.50. The molecule has 2 rings (SSSR count). The number of ether oxygens (including phenoxy) is 2. The zero-order chi connectivity index (χ0) is 13.5. The minimum atomic E-state index is 0.334. The number of hydrogen-bond donors (Lipinski definition) is 0. The molecule has 1 aliphatic heterocycles. The SMILES string of the molecule is CCOc1ccccc1OCCN1CCCC(=O)C1. The minimum Gasteiger partial charge on any atom is -0.490 e. The zero-order valence-corrected chi connectivity index (χ0v) is 11.4. The van der Waals surface area contributed by atoms with E-state index in [1.807, 2.05) is 31.2 Å². The van der Waals surface area contributed by atoms with Crippen LogP contribution in [0.15, 0.2) is 24.3 Å². The summed E-state index contributed by atoms with van der Waals surface area (Å²) in [6, 6.07) is 7.68. The molecule has 104 valence electrons. The second-order valence-corrected chi connectivity index (χ2v) is 4.65. The monoisotopic (exact) mass is 263 g/mol. The van der Waals surface area contributed by atoms with Crippen molar-refractivity contribution in [1.82, 2.24) is 4.90 Å². The van der Waals surface area contributed by atoms with Crippen molar-refractivity contribution in [3.63, 3.8) is 0 Å². The summed E-state index contributed by atoms with van der Waals surface area (Å²) in [7, 11) is 0. The smallest absolute Gasteiger partial charge is 0.161 e. The average molecular weight is 263 g/mol. The van der Waals surface area contributed by atoms with Gasteiger partial charge in [-0.3, -0.25) is 9.69 Å². The van der Waals surface area contributed by atoms with Gasteiger partial charge in [-0.1, -0.05) is 12.1 Å². The molecular formula is C15H21NO3. The maximum Gasteiger partial charge on any atom is 0.161 e. The van der Waals surface area contributed by atoms with E-state index in [1.54, 1.807) is 0 Å². The van der Waals surface area contributed by atoms with Crippen molar-refractivity contribution in [2.24, 2.45) is 0 Å². The predicted octanol–water partition coefficient (Wildman–Crippen LogP) is 2.13. The number of Topliss-reactive ketones (excluding diaryl/α,β-unsaturated/α-hetero) is 1. The van der Waals surface area contributed by atoms with Crippen LogP contribution in [0.2, 0.25) is 0 Å². The van der Waals surface area contributed by atoms with E-state index in [0.717, 1.165) is 37.4 Å². The molecule has 0 spiro atoms. The van der Waals surface area contributed by atoms with Crippen LogP contribution in [0, 0.1) is 0 Å². The quantitative estimate of drug-likeness (QED) is 0.788. The molecule has 1 aromatic rings. The highest BCUT2D eigenvalue weighted by Crippen LogP contribution is 2.26. The number of carbonyl (C=O) groups excluding carboxylic acids is 1. The van der Waals surface area contributed by atoms with E-state index < -0.39 is 0 Å². The highest BCUT2D eigenvalue weighted by molar-refractivity contribution is 5.81. The minimum absolute atomic E-state index is 0.334. The number of rotatable bonds is 6. The van der Waals surface area contributed by atoms with Crippen LogP contribution >= 0.6 is 0 Å². The van der Waals surface area contributed by atoms with Crippen LogP contribution in [-0.2, 0) is 4.79 Å². The van der Waals surface area contributed by atoms with E-state index in [-0.39, 0.29) is 0 Å². The fraction of sp³-hybridized carbons (Fsp3) is 0.533. The lowest BCUT2D eigenvalue weighted by atomic mass is 10.1. The van der Waals surface area contributed by atoms with Crippen molar-refractivity contribution in [3.05, 3.63) is 24.3 Å². The van der Waals surface area contributed by atoms with Gasteiger partial charge in [0.05, 0.1) is 13.2 Å². The Labute approximate surface area is 114 Å². The van der Waals surface area contributed by atoms with Crippen LogP contribution in [0.5, 0.6) is 11.5 Å². The zero-order valence-electron chi connectivity index (χ0n) is 11.4. The maximum absolute atomic E-state index is 11.3. The molecule has 0 radical (unpaired) electrons. The molecule has 4 heteroatoms. The number of piperidine rings is 1. The molecule has 1 saturated heterocycles. The van der Waals surface area contributed by atoms with Crippen LogP contribution in [0.1, 0.15) is 19.8 Å². The molecular weight excluding hydrogens is 242 g/mol. The highest BCUT2D eigenvalue weighted by Gasteiger charge is 2.16. The first-order valence-electron chi connectivity index (χ1n) is 6.88. The van der Waals surface area contributed by atoms with E-state index in [0.29, 0.717) is 25.5 Å². The fourth-order valence-corrected chi connectivity index (χ4v) is 2.23. The first kappa shape index (κ1) is 13.9. The third-order valence-corrected chi connectivity index (χ3v) is 3.14. The van der Waals surface area contributed by atoms with Crippen molar-refractivity contribution < 1.29 is 14.3 Å². The largest absolute Gasteiger partial charge is 0.490 e. The Hall–Kier alpha value is -1.55. The summed E-state index contributed by atoms with van der Waals surface area (Å²) < 4.78 is 11.3. The summed E-state index contributed by atoms with van der Waals surface area (Å²) in [5.74, 6) is 1.88. The number of carbonyl (C=O) groups is 1. The third kappa shape index (κ3) is 4.24. The lowest BCUT2D eigenvalue weighted by molar-refractivity contribution is -0.122. The summed E-state index contributed by atoms with van der Waals surface area (Å²) in [5.41, 5.74) is 0. The van der Waals surface area contributed by atoms with Crippen molar-refractivity contribution in [3.8, 4) is 11.5 Å². The topological polar surface area (TPSA) is 38.8 Å². The van der Waals surface area contributed by atoms with E-state index in [9.17, 15) is 4.79 Å². The lowest BCUT2D eigenvalue weighted by Gasteiger charge is -2.25. The Bertz CT molecular complexity index is 420. The molecule has 19 heavy (non-hydrogen) atoms. The van der Waals surface area contributed by atoms with Crippen LogP contribution in [0.3, 0.4) is 0 Å². The van der Waals surface area contributed by atoms with Gasteiger partial charge in [0.25, 0.3) is 0 Å². The van der Waals surface area contributed by atoms with Crippen LogP contribution < -0.4 is 9.47 Å². The molecule has 0 aromatic heterocycles. The second kappa shape index (κ2) is 7.14. The number of nitrogens with zero attached hydrogens (tertiary/aromatic N) is 1.